The maximum absolute atomic E-state index is 12.4. The van der Waals surface area contributed by atoms with E-state index < -0.39 is 0 Å². The highest BCUT2D eigenvalue weighted by Crippen LogP contribution is 2.26. The third-order valence-electron chi connectivity index (χ3n) is 3.96. The molecule has 1 amide bonds. The minimum Gasteiger partial charge on any atom is -0.497 e. The summed E-state index contributed by atoms with van der Waals surface area (Å²) in [5.74, 6) is 1.25. The lowest BCUT2D eigenvalue weighted by Gasteiger charge is -2.12. The van der Waals surface area contributed by atoms with Crippen LogP contribution in [0.5, 0.6) is 5.75 Å². The van der Waals surface area contributed by atoms with Crippen molar-refractivity contribution >= 4 is 34.3 Å². The second kappa shape index (κ2) is 8.50. The summed E-state index contributed by atoms with van der Waals surface area (Å²) in [5.41, 5.74) is 7.90. The van der Waals surface area contributed by atoms with E-state index in [0.29, 0.717) is 17.5 Å². The average Bonchev–Trinajstić information content (AvgIpc) is 3.05. The van der Waals surface area contributed by atoms with E-state index in [1.807, 2.05) is 60.0 Å². The summed E-state index contributed by atoms with van der Waals surface area (Å²) in [5, 5.41) is 3.28. The predicted molar refractivity (Wildman–Crippen MR) is 109 cm³/mol. The number of hydrogen-bond donors (Lipinski definition) is 3. The molecule has 3 rings (SSSR count). The summed E-state index contributed by atoms with van der Waals surface area (Å²) in [6.07, 6.45) is 0. The molecule has 8 heteroatoms. The Hall–Kier alpha value is -3.13. The quantitative estimate of drug-likeness (QED) is 0.463. The second-order valence-corrected chi connectivity index (χ2v) is 6.18. The molecule has 27 heavy (non-hydrogen) atoms. The topological polar surface area (TPSA) is 80.2 Å². The van der Waals surface area contributed by atoms with Gasteiger partial charge in [-0.2, -0.15) is 0 Å². The lowest BCUT2D eigenvalue weighted by Crippen LogP contribution is -2.47. The standard InChI is InChI=1S/C19H21N5O2S/c1-3-20-19(27)23-22-17(25)12-24-16-7-5-4-6-15(16)21-18(24)13-8-10-14(26-2)11-9-13/h4-11H,3,12H2,1-2H3,(H,22,25)(H2,20,23,27). The number of nitrogens with one attached hydrogen (secondary N) is 3. The van der Waals surface area contributed by atoms with Crippen LogP contribution in [0.25, 0.3) is 22.4 Å². The fourth-order valence-corrected chi connectivity index (χ4v) is 2.91. The Morgan fingerprint density at radius 1 is 1.15 bits per heavy atom. The molecule has 0 atom stereocenters. The van der Waals surface area contributed by atoms with E-state index in [2.05, 4.69) is 16.2 Å². The van der Waals surface area contributed by atoms with Crippen LogP contribution in [0, 0.1) is 0 Å². The first-order valence-electron chi connectivity index (χ1n) is 8.54. The zero-order valence-electron chi connectivity index (χ0n) is 15.2. The van der Waals surface area contributed by atoms with Gasteiger partial charge in [0.05, 0.1) is 18.1 Å². The number of nitrogens with zero attached hydrogens (tertiary/aromatic N) is 2. The van der Waals surface area contributed by atoms with Gasteiger partial charge in [0, 0.05) is 12.1 Å². The van der Waals surface area contributed by atoms with Crippen molar-refractivity contribution in [1.82, 2.24) is 25.7 Å². The first kappa shape index (κ1) is 18.7. The van der Waals surface area contributed by atoms with Crippen LogP contribution in [0.4, 0.5) is 0 Å². The van der Waals surface area contributed by atoms with Crippen molar-refractivity contribution in [3.05, 3.63) is 48.5 Å². The van der Waals surface area contributed by atoms with Crippen molar-refractivity contribution < 1.29 is 9.53 Å². The number of aromatic nitrogens is 2. The maximum atomic E-state index is 12.4. The summed E-state index contributed by atoms with van der Waals surface area (Å²) >= 11 is 5.05. The molecule has 0 saturated heterocycles. The molecule has 0 spiro atoms. The second-order valence-electron chi connectivity index (χ2n) is 5.77. The first-order valence-corrected chi connectivity index (χ1v) is 8.95. The number of hydrazine groups is 1. The highest BCUT2D eigenvalue weighted by atomic mass is 32.1. The number of amides is 1. The number of hydrogen-bond acceptors (Lipinski definition) is 4. The van der Waals surface area contributed by atoms with E-state index in [4.69, 9.17) is 21.9 Å². The zero-order chi connectivity index (χ0) is 19.2. The molecule has 140 valence electrons. The summed E-state index contributed by atoms with van der Waals surface area (Å²) in [4.78, 5) is 17.1. The largest absolute Gasteiger partial charge is 0.497 e. The van der Waals surface area contributed by atoms with Crippen molar-refractivity contribution in [3.8, 4) is 17.1 Å². The summed E-state index contributed by atoms with van der Waals surface area (Å²) in [7, 11) is 1.62. The lowest BCUT2D eigenvalue weighted by molar-refractivity contribution is -0.122. The lowest BCUT2D eigenvalue weighted by atomic mass is 10.2. The molecule has 3 aromatic rings. The van der Waals surface area contributed by atoms with Gasteiger partial charge in [0.15, 0.2) is 5.11 Å². The number of para-hydroxylation sites is 2. The minimum absolute atomic E-state index is 0.101. The third kappa shape index (κ3) is 4.35. The maximum Gasteiger partial charge on any atom is 0.258 e. The highest BCUT2D eigenvalue weighted by molar-refractivity contribution is 7.80. The van der Waals surface area contributed by atoms with Gasteiger partial charge in [-0.3, -0.25) is 15.6 Å². The zero-order valence-corrected chi connectivity index (χ0v) is 16.0. The summed E-state index contributed by atoms with van der Waals surface area (Å²) < 4.78 is 7.09. The number of thiocarbonyl (C=S) groups is 1. The molecular weight excluding hydrogens is 362 g/mol. The molecular formula is C19H21N5O2S. The number of ether oxygens (including phenoxy) is 1. The fraction of sp³-hybridized carbons (Fsp3) is 0.211. The number of benzene rings is 2. The van der Waals surface area contributed by atoms with Crippen molar-refractivity contribution in [2.24, 2.45) is 0 Å². The van der Waals surface area contributed by atoms with Crippen LogP contribution in [0.2, 0.25) is 0 Å². The van der Waals surface area contributed by atoms with Crippen molar-refractivity contribution in [2.75, 3.05) is 13.7 Å². The van der Waals surface area contributed by atoms with Crippen LogP contribution in [0.3, 0.4) is 0 Å². The molecule has 0 aliphatic rings. The molecule has 0 bridgehead atoms. The molecule has 0 aliphatic carbocycles. The smallest absolute Gasteiger partial charge is 0.258 e. The van der Waals surface area contributed by atoms with E-state index in [1.54, 1.807) is 7.11 Å². The number of carbonyl (C=O) groups excluding carboxylic acids is 1. The molecule has 0 saturated carbocycles. The Balaban J connectivity index is 1.88. The third-order valence-corrected chi connectivity index (χ3v) is 4.20. The van der Waals surface area contributed by atoms with Gasteiger partial charge in [0.25, 0.3) is 5.91 Å². The van der Waals surface area contributed by atoms with Crippen LogP contribution in [0.15, 0.2) is 48.5 Å². The number of fused-ring (bicyclic) bond motifs is 1. The van der Waals surface area contributed by atoms with Crippen molar-refractivity contribution in [1.29, 1.82) is 0 Å². The summed E-state index contributed by atoms with van der Waals surface area (Å²) in [6.45, 7) is 2.70. The van der Waals surface area contributed by atoms with E-state index in [9.17, 15) is 4.79 Å². The molecule has 1 aromatic heterocycles. The van der Waals surface area contributed by atoms with Gasteiger partial charge in [-0.25, -0.2) is 4.98 Å². The highest BCUT2D eigenvalue weighted by Gasteiger charge is 2.15. The van der Waals surface area contributed by atoms with Crippen LogP contribution >= 0.6 is 12.2 Å². The van der Waals surface area contributed by atoms with Crippen LogP contribution in [-0.4, -0.2) is 34.2 Å². The van der Waals surface area contributed by atoms with Gasteiger partial charge in [-0.05, 0) is 55.5 Å². The van der Waals surface area contributed by atoms with Crippen molar-refractivity contribution in [2.45, 2.75) is 13.5 Å². The van der Waals surface area contributed by atoms with Gasteiger partial charge in [0.2, 0.25) is 0 Å². The van der Waals surface area contributed by atoms with E-state index in [1.165, 1.54) is 0 Å². The van der Waals surface area contributed by atoms with E-state index in [-0.39, 0.29) is 12.5 Å². The van der Waals surface area contributed by atoms with Crippen LogP contribution in [0.1, 0.15) is 6.92 Å². The van der Waals surface area contributed by atoms with Gasteiger partial charge in [-0.1, -0.05) is 12.1 Å². The van der Waals surface area contributed by atoms with Gasteiger partial charge < -0.3 is 14.6 Å². The molecule has 0 radical (unpaired) electrons. The monoisotopic (exact) mass is 383 g/mol. The number of methoxy groups -OCH3 is 1. The Morgan fingerprint density at radius 3 is 2.59 bits per heavy atom. The predicted octanol–water partition coefficient (Wildman–Crippen LogP) is 2.23. The Labute approximate surface area is 162 Å². The Kier molecular flexibility index (Phi) is 5.87. The van der Waals surface area contributed by atoms with Crippen LogP contribution < -0.4 is 20.9 Å². The van der Waals surface area contributed by atoms with Crippen molar-refractivity contribution in [3.63, 3.8) is 0 Å². The number of carbonyl (C=O) groups is 1. The number of rotatable bonds is 5. The molecule has 0 fully saturated rings. The Morgan fingerprint density at radius 2 is 1.89 bits per heavy atom. The molecule has 1 heterocycles. The molecule has 3 N–H and O–H groups in total. The van der Waals surface area contributed by atoms with Gasteiger partial charge in [-0.15, -0.1) is 0 Å². The molecule has 2 aromatic carbocycles. The first-order chi connectivity index (χ1) is 13.1. The van der Waals surface area contributed by atoms with Gasteiger partial charge in [0.1, 0.15) is 18.1 Å². The molecule has 0 unspecified atom stereocenters. The summed E-state index contributed by atoms with van der Waals surface area (Å²) in [6, 6.07) is 15.3. The van der Waals surface area contributed by atoms with E-state index in [0.717, 1.165) is 22.3 Å². The van der Waals surface area contributed by atoms with E-state index >= 15 is 0 Å². The fourth-order valence-electron chi connectivity index (χ4n) is 2.71. The van der Waals surface area contributed by atoms with Crippen LogP contribution in [-0.2, 0) is 11.3 Å². The Bertz CT molecular complexity index is 952. The SMILES string of the molecule is CCNC(=S)NNC(=O)Cn1c(-c2ccc(OC)cc2)nc2ccccc21. The molecule has 7 nitrogen and oxygen atoms in total. The minimum atomic E-state index is -0.229. The number of imidazole rings is 1. The molecule has 0 aliphatic heterocycles. The normalized spacial score (nSPS) is 10.4. The average molecular weight is 383 g/mol. The van der Waals surface area contributed by atoms with Gasteiger partial charge >= 0.3 is 0 Å².